The van der Waals surface area contributed by atoms with Gasteiger partial charge in [0.1, 0.15) is 16.2 Å². The lowest BCUT2D eigenvalue weighted by atomic mass is 10.1. The topological polar surface area (TPSA) is 112 Å². The molecule has 33 heavy (non-hydrogen) atoms. The molecule has 9 nitrogen and oxygen atoms in total. The number of thiazole rings is 1. The van der Waals surface area contributed by atoms with Crippen LogP contribution in [0, 0.1) is 0 Å². The van der Waals surface area contributed by atoms with Crippen molar-refractivity contribution in [1.82, 2.24) is 24.1 Å². The summed E-state index contributed by atoms with van der Waals surface area (Å²) < 4.78 is 3.42. The van der Waals surface area contributed by atoms with Crippen LogP contribution in [0.5, 0.6) is 0 Å². The fourth-order valence-electron chi connectivity index (χ4n) is 4.13. The Hall–Kier alpha value is -3.05. The number of carbonyl (C=O) groups is 1. The van der Waals surface area contributed by atoms with E-state index in [1.165, 1.54) is 34.7 Å². The van der Waals surface area contributed by atoms with E-state index in [9.17, 15) is 14.4 Å². The molecule has 0 spiro atoms. The van der Waals surface area contributed by atoms with E-state index in [4.69, 9.17) is 4.98 Å². The van der Waals surface area contributed by atoms with Gasteiger partial charge in [-0.05, 0) is 25.0 Å². The zero-order chi connectivity index (χ0) is 23.1. The standard InChI is InChI=1S/C22H22N6O3S2/c1-27-18-16(20(30)28(2)22(27)31)19(26-17(25-18)12-7-3-4-8-12)32-11-15(29)24-21-23-13-9-5-6-10-14(13)33-21/h5-6,9-10,12H,3-4,7-8,11H2,1-2H3,(H,23,24,29). The maximum atomic E-state index is 12.9. The lowest BCUT2D eigenvalue weighted by molar-refractivity contribution is -0.113. The number of hydrogen-bond donors (Lipinski definition) is 1. The van der Waals surface area contributed by atoms with E-state index in [-0.39, 0.29) is 23.0 Å². The first kappa shape index (κ1) is 21.8. The molecule has 1 aliphatic carbocycles. The number of carbonyl (C=O) groups excluding carboxylic acids is 1. The maximum absolute atomic E-state index is 12.9. The van der Waals surface area contributed by atoms with Gasteiger partial charge in [-0.15, -0.1) is 0 Å². The summed E-state index contributed by atoms with van der Waals surface area (Å²) in [6.07, 6.45) is 4.17. The highest BCUT2D eigenvalue weighted by molar-refractivity contribution is 8.00. The molecule has 3 heterocycles. The summed E-state index contributed by atoms with van der Waals surface area (Å²) in [7, 11) is 3.03. The van der Waals surface area contributed by atoms with Crippen LogP contribution in [0.1, 0.15) is 37.4 Å². The Labute approximate surface area is 196 Å². The van der Waals surface area contributed by atoms with E-state index < -0.39 is 11.2 Å². The van der Waals surface area contributed by atoms with Crippen LogP contribution in [0.2, 0.25) is 0 Å². The number of nitrogens with zero attached hydrogens (tertiary/aromatic N) is 5. The van der Waals surface area contributed by atoms with Gasteiger partial charge in [-0.25, -0.2) is 19.7 Å². The second kappa shape index (κ2) is 8.71. The molecule has 1 aliphatic rings. The van der Waals surface area contributed by atoms with Crippen molar-refractivity contribution >= 4 is 55.4 Å². The van der Waals surface area contributed by atoms with E-state index in [0.717, 1.165) is 40.5 Å². The van der Waals surface area contributed by atoms with Gasteiger partial charge in [0.05, 0.1) is 16.0 Å². The molecular weight excluding hydrogens is 460 g/mol. The Morgan fingerprint density at radius 1 is 1.12 bits per heavy atom. The average molecular weight is 483 g/mol. The number of fused-ring (bicyclic) bond motifs is 2. The van der Waals surface area contributed by atoms with Crippen molar-refractivity contribution in [3.05, 3.63) is 50.9 Å². The fraction of sp³-hybridized carbons (Fsp3) is 0.364. The van der Waals surface area contributed by atoms with Crippen molar-refractivity contribution in [2.75, 3.05) is 11.1 Å². The summed E-state index contributed by atoms with van der Waals surface area (Å²) in [6.45, 7) is 0. The third-order valence-corrected chi connectivity index (χ3v) is 7.81. The predicted molar refractivity (Wildman–Crippen MR) is 130 cm³/mol. The maximum Gasteiger partial charge on any atom is 0.332 e. The SMILES string of the molecule is Cn1c(=O)c2c(SCC(=O)Nc3nc4ccccc4s3)nc(C3CCCC3)nc2n(C)c1=O. The minimum atomic E-state index is -0.458. The summed E-state index contributed by atoms with van der Waals surface area (Å²) in [5.74, 6) is 0.648. The van der Waals surface area contributed by atoms with E-state index in [2.05, 4.69) is 15.3 Å². The number of benzene rings is 1. The highest BCUT2D eigenvalue weighted by Crippen LogP contribution is 2.34. The molecule has 170 valence electrons. The smallest absolute Gasteiger partial charge is 0.301 e. The Morgan fingerprint density at radius 2 is 1.88 bits per heavy atom. The summed E-state index contributed by atoms with van der Waals surface area (Å²) in [6, 6.07) is 7.68. The first-order valence-electron chi connectivity index (χ1n) is 10.7. The Balaban J connectivity index is 1.47. The van der Waals surface area contributed by atoms with E-state index >= 15 is 0 Å². The van der Waals surface area contributed by atoms with E-state index in [1.807, 2.05) is 24.3 Å². The Bertz CT molecular complexity index is 1470. The summed E-state index contributed by atoms with van der Waals surface area (Å²) in [4.78, 5) is 51.8. The van der Waals surface area contributed by atoms with Crippen LogP contribution < -0.4 is 16.6 Å². The molecule has 1 aromatic carbocycles. The molecule has 1 fully saturated rings. The first-order chi connectivity index (χ1) is 15.9. The lowest BCUT2D eigenvalue weighted by Crippen LogP contribution is -2.38. The Morgan fingerprint density at radius 3 is 2.64 bits per heavy atom. The van der Waals surface area contributed by atoms with Gasteiger partial charge in [-0.2, -0.15) is 0 Å². The van der Waals surface area contributed by atoms with Crippen LogP contribution >= 0.6 is 23.1 Å². The highest BCUT2D eigenvalue weighted by Gasteiger charge is 2.24. The van der Waals surface area contributed by atoms with Gasteiger partial charge in [0.25, 0.3) is 5.56 Å². The second-order valence-corrected chi connectivity index (χ2v) is 10.1. The highest BCUT2D eigenvalue weighted by atomic mass is 32.2. The molecule has 0 bridgehead atoms. The molecule has 0 aliphatic heterocycles. The number of thioether (sulfide) groups is 1. The molecule has 1 saturated carbocycles. The quantitative estimate of drug-likeness (QED) is 0.344. The largest absolute Gasteiger partial charge is 0.332 e. The van der Waals surface area contributed by atoms with Gasteiger partial charge in [-0.3, -0.25) is 18.7 Å². The van der Waals surface area contributed by atoms with E-state index in [1.54, 1.807) is 7.05 Å². The number of amides is 1. The van der Waals surface area contributed by atoms with Crippen molar-refractivity contribution in [2.45, 2.75) is 36.6 Å². The molecule has 11 heteroatoms. The summed E-state index contributed by atoms with van der Waals surface area (Å²) >= 11 is 2.59. The minimum Gasteiger partial charge on any atom is -0.301 e. The van der Waals surface area contributed by atoms with Crippen LogP contribution in [-0.2, 0) is 18.9 Å². The molecule has 5 rings (SSSR count). The van der Waals surface area contributed by atoms with Crippen LogP contribution in [-0.4, -0.2) is 35.7 Å². The average Bonchev–Trinajstić information content (AvgIpc) is 3.49. The Kier molecular flexibility index (Phi) is 5.75. The van der Waals surface area contributed by atoms with Crippen LogP contribution in [0.15, 0.2) is 38.9 Å². The molecule has 0 unspecified atom stereocenters. The van der Waals surface area contributed by atoms with Gasteiger partial charge in [-0.1, -0.05) is 48.1 Å². The molecule has 0 saturated heterocycles. The number of hydrogen-bond acceptors (Lipinski definition) is 8. The van der Waals surface area contributed by atoms with Gasteiger partial charge >= 0.3 is 5.69 Å². The lowest BCUT2D eigenvalue weighted by Gasteiger charge is -2.14. The number of anilines is 1. The monoisotopic (exact) mass is 482 g/mol. The third-order valence-electron chi connectivity index (χ3n) is 5.88. The van der Waals surface area contributed by atoms with Crippen molar-refractivity contribution in [1.29, 1.82) is 0 Å². The van der Waals surface area contributed by atoms with Crippen molar-refractivity contribution < 1.29 is 4.79 Å². The minimum absolute atomic E-state index is 0.0537. The van der Waals surface area contributed by atoms with E-state index in [0.29, 0.717) is 21.6 Å². The number of para-hydroxylation sites is 1. The van der Waals surface area contributed by atoms with Gasteiger partial charge in [0, 0.05) is 20.0 Å². The van der Waals surface area contributed by atoms with Crippen molar-refractivity contribution in [3.8, 4) is 0 Å². The number of rotatable bonds is 5. The summed E-state index contributed by atoms with van der Waals surface area (Å²) in [5.41, 5.74) is 0.250. The molecule has 1 amide bonds. The van der Waals surface area contributed by atoms with Crippen LogP contribution in [0.3, 0.4) is 0 Å². The molecule has 4 aromatic rings. The van der Waals surface area contributed by atoms with Crippen molar-refractivity contribution in [3.63, 3.8) is 0 Å². The van der Waals surface area contributed by atoms with Crippen LogP contribution in [0.4, 0.5) is 5.13 Å². The molecule has 0 radical (unpaired) electrons. The molecule has 1 N–H and O–H groups in total. The zero-order valence-corrected chi connectivity index (χ0v) is 19.8. The van der Waals surface area contributed by atoms with Gasteiger partial charge < -0.3 is 5.32 Å². The number of aryl methyl sites for hydroxylation is 1. The number of nitrogens with one attached hydrogen (secondary N) is 1. The normalized spacial score (nSPS) is 14.4. The predicted octanol–water partition coefficient (Wildman–Crippen LogP) is 3.03. The number of aromatic nitrogens is 5. The van der Waals surface area contributed by atoms with Crippen molar-refractivity contribution in [2.24, 2.45) is 14.1 Å². The second-order valence-electron chi connectivity index (χ2n) is 8.10. The molecular formula is C22H22N6O3S2. The third kappa shape index (κ3) is 4.06. The summed E-state index contributed by atoms with van der Waals surface area (Å²) in [5, 5.41) is 4.05. The molecule has 3 aromatic heterocycles. The molecule has 0 atom stereocenters. The van der Waals surface area contributed by atoms with Gasteiger partial charge in [0.15, 0.2) is 10.8 Å². The first-order valence-corrected chi connectivity index (χ1v) is 12.5. The van der Waals surface area contributed by atoms with Crippen LogP contribution in [0.25, 0.3) is 21.3 Å². The fourth-order valence-corrected chi connectivity index (χ4v) is 5.83. The van der Waals surface area contributed by atoms with Gasteiger partial charge in [0.2, 0.25) is 5.91 Å². The zero-order valence-electron chi connectivity index (χ0n) is 18.2.